The lowest BCUT2D eigenvalue weighted by molar-refractivity contribution is -0.119. The number of carbonyl (C=O) groups is 1. The van der Waals surface area contributed by atoms with Crippen molar-refractivity contribution in [1.82, 2.24) is 4.31 Å². The van der Waals surface area contributed by atoms with Crippen LogP contribution in [-0.4, -0.2) is 44.0 Å². The number of para-hydroxylation sites is 1. The van der Waals surface area contributed by atoms with E-state index >= 15 is 0 Å². The van der Waals surface area contributed by atoms with Crippen LogP contribution >= 0.6 is 0 Å². The monoisotopic (exact) mass is 308 g/mol. The predicted molar refractivity (Wildman–Crippen MR) is 83.7 cm³/mol. The minimum atomic E-state index is -3.43. The summed E-state index contributed by atoms with van der Waals surface area (Å²) in [5, 5.41) is 0. The van der Waals surface area contributed by atoms with Crippen LogP contribution in [0.5, 0.6) is 0 Å². The Hall–Kier alpha value is -1.66. The molecule has 1 aromatic carbocycles. The van der Waals surface area contributed by atoms with Crippen molar-refractivity contribution in [1.29, 1.82) is 0 Å². The highest BCUT2D eigenvalue weighted by Gasteiger charge is 2.32. The quantitative estimate of drug-likeness (QED) is 0.773. The topological polar surface area (TPSA) is 57.7 Å². The third-order valence-corrected chi connectivity index (χ3v) is 4.81. The van der Waals surface area contributed by atoms with Gasteiger partial charge in [0.25, 0.3) is 0 Å². The van der Waals surface area contributed by atoms with Gasteiger partial charge in [-0.1, -0.05) is 24.3 Å². The largest absolute Gasteiger partial charge is 0.308 e. The maximum absolute atomic E-state index is 12.5. The number of benzene rings is 1. The van der Waals surface area contributed by atoms with Crippen LogP contribution in [0.4, 0.5) is 5.69 Å². The number of anilines is 1. The van der Waals surface area contributed by atoms with E-state index in [0.717, 1.165) is 28.2 Å². The molecule has 0 saturated heterocycles. The minimum Gasteiger partial charge on any atom is -0.308 e. The van der Waals surface area contributed by atoms with Crippen LogP contribution in [-0.2, 0) is 21.2 Å². The van der Waals surface area contributed by atoms with Gasteiger partial charge in [-0.3, -0.25) is 4.79 Å². The second-order valence-electron chi connectivity index (χ2n) is 5.29. The Labute approximate surface area is 125 Å². The standard InChI is InChI=1S/C15H20N2O3S/c1-4-9-16(21(3,19)20)11-15(18)17-12(2)10-13-7-5-6-8-14(13)17/h4-8,12H,1,9-11H2,2-3H3. The van der Waals surface area contributed by atoms with Crippen LogP contribution in [0.3, 0.4) is 0 Å². The first-order valence-corrected chi connectivity index (χ1v) is 8.65. The first-order valence-electron chi connectivity index (χ1n) is 6.80. The Morgan fingerprint density at radius 3 is 2.76 bits per heavy atom. The summed E-state index contributed by atoms with van der Waals surface area (Å²) >= 11 is 0. The Morgan fingerprint density at radius 2 is 2.14 bits per heavy atom. The fourth-order valence-electron chi connectivity index (χ4n) is 2.63. The van der Waals surface area contributed by atoms with Crippen LogP contribution < -0.4 is 4.90 Å². The molecule has 1 atom stereocenters. The highest BCUT2D eigenvalue weighted by Crippen LogP contribution is 2.31. The molecule has 0 spiro atoms. The third kappa shape index (κ3) is 3.33. The van der Waals surface area contributed by atoms with E-state index in [1.165, 1.54) is 6.08 Å². The lowest BCUT2D eigenvalue weighted by Crippen LogP contribution is -2.44. The zero-order valence-electron chi connectivity index (χ0n) is 12.3. The molecule has 1 unspecified atom stereocenters. The number of amides is 1. The number of sulfonamides is 1. The highest BCUT2D eigenvalue weighted by atomic mass is 32.2. The normalized spacial score (nSPS) is 17.9. The summed E-state index contributed by atoms with van der Waals surface area (Å²) in [6.07, 6.45) is 3.38. The smallest absolute Gasteiger partial charge is 0.242 e. The second kappa shape index (κ2) is 5.99. The van der Waals surface area contributed by atoms with Gasteiger partial charge in [0.2, 0.25) is 15.9 Å². The van der Waals surface area contributed by atoms with Crippen molar-refractivity contribution in [3.8, 4) is 0 Å². The molecule has 1 aliphatic heterocycles. The SMILES string of the molecule is C=CCN(CC(=O)N1c2ccccc2CC1C)S(C)(=O)=O. The molecule has 0 aromatic heterocycles. The first-order chi connectivity index (χ1) is 9.84. The molecular formula is C15H20N2O3S. The second-order valence-corrected chi connectivity index (χ2v) is 7.27. The minimum absolute atomic E-state index is 0.0417. The van der Waals surface area contributed by atoms with E-state index in [4.69, 9.17) is 0 Å². The molecule has 1 heterocycles. The van der Waals surface area contributed by atoms with Crippen molar-refractivity contribution in [3.63, 3.8) is 0 Å². The summed E-state index contributed by atoms with van der Waals surface area (Å²) < 4.78 is 24.5. The van der Waals surface area contributed by atoms with Crippen LogP contribution in [0, 0.1) is 0 Å². The van der Waals surface area contributed by atoms with Crippen molar-refractivity contribution in [2.24, 2.45) is 0 Å². The third-order valence-electron chi connectivity index (χ3n) is 3.59. The van der Waals surface area contributed by atoms with Crippen molar-refractivity contribution >= 4 is 21.6 Å². The number of fused-ring (bicyclic) bond motifs is 1. The summed E-state index contributed by atoms with van der Waals surface area (Å²) in [4.78, 5) is 14.2. The van der Waals surface area contributed by atoms with Gasteiger partial charge in [0.15, 0.2) is 0 Å². The molecule has 1 amide bonds. The molecule has 6 heteroatoms. The predicted octanol–water partition coefficient (Wildman–Crippen LogP) is 1.41. The molecule has 114 valence electrons. The van der Waals surface area contributed by atoms with Crippen molar-refractivity contribution < 1.29 is 13.2 Å². The van der Waals surface area contributed by atoms with Crippen LogP contribution in [0.25, 0.3) is 0 Å². The number of hydrogen-bond donors (Lipinski definition) is 0. The summed E-state index contributed by atoms with van der Waals surface area (Å²) in [5.74, 6) is -0.209. The van der Waals surface area contributed by atoms with E-state index in [-0.39, 0.29) is 25.0 Å². The first kappa shape index (κ1) is 15.7. The average Bonchev–Trinajstić information content (AvgIpc) is 2.72. The van der Waals surface area contributed by atoms with Crippen molar-refractivity contribution in [3.05, 3.63) is 42.5 Å². The number of nitrogens with zero attached hydrogens (tertiary/aromatic N) is 2. The van der Waals surface area contributed by atoms with E-state index in [1.54, 1.807) is 4.90 Å². The van der Waals surface area contributed by atoms with Gasteiger partial charge in [-0.25, -0.2) is 8.42 Å². The Balaban J connectivity index is 2.22. The van der Waals surface area contributed by atoms with Crippen molar-refractivity contribution in [2.45, 2.75) is 19.4 Å². The van der Waals surface area contributed by atoms with E-state index in [1.807, 2.05) is 31.2 Å². The zero-order valence-corrected chi connectivity index (χ0v) is 13.1. The van der Waals surface area contributed by atoms with Gasteiger partial charge in [-0.05, 0) is 25.0 Å². The van der Waals surface area contributed by atoms with Gasteiger partial charge in [0, 0.05) is 18.3 Å². The van der Waals surface area contributed by atoms with Crippen molar-refractivity contribution in [2.75, 3.05) is 24.2 Å². The van der Waals surface area contributed by atoms with Gasteiger partial charge in [0.05, 0.1) is 12.8 Å². The molecule has 0 N–H and O–H groups in total. The molecule has 0 saturated carbocycles. The molecule has 0 bridgehead atoms. The summed E-state index contributed by atoms with van der Waals surface area (Å²) in [7, 11) is -3.43. The lowest BCUT2D eigenvalue weighted by atomic mass is 10.1. The van der Waals surface area contributed by atoms with Gasteiger partial charge < -0.3 is 4.90 Å². The van der Waals surface area contributed by atoms with Crippen LogP contribution in [0.1, 0.15) is 12.5 Å². The van der Waals surface area contributed by atoms with Gasteiger partial charge in [-0.2, -0.15) is 4.31 Å². The maximum Gasteiger partial charge on any atom is 0.242 e. The van der Waals surface area contributed by atoms with E-state index in [9.17, 15) is 13.2 Å². The molecular weight excluding hydrogens is 288 g/mol. The molecule has 0 radical (unpaired) electrons. The molecule has 5 nitrogen and oxygen atoms in total. The fraction of sp³-hybridized carbons (Fsp3) is 0.400. The molecule has 1 aromatic rings. The lowest BCUT2D eigenvalue weighted by Gasteiger charge is -2.26. The Kier molecular flexibility index (Phi) is 4.49. The van der Waals surface area contributed by atoms with Gasteiger partial charge in [0.1, 0.15) is 0 Å². The number of rotatable bonds is 5. The number of hydrogen-bond acceptors (Lipinski definition) is 3. The van der Waals surface area contributed by atoms with Crippen LogP contribution in [0.2, 0.25) is 0 Å². The fourth-order valence-corrected chi connectivity index (χ4v) is 3.35. The molecule has 2 rings (SSSR count). The summed E-state index contributed by atoms with van der Waals surface area (Å²) in [5.41, 5.74) is 2.00. The van der Waals surface area contributed by atoms with Gasteiger partial charge in [-0.15, -0.1) is 6.58 Å². The molecule has 21 heavy (non-hydrogen) atoms. The molecule has 1 aliphatic rings. The Bertz CT molecular complexity index is 655. The number of carbonyl (C=O) groups excluding carboxylic acids is 1. The average molecular weight is 308 g/mol. The molecule has 0 aliphatic carbocycles. The highest BCUT2D eigenvalue weighted by molar-refractivity contribution is 7.88. The summed E-state index contributed by atoms with van der Waals surface area (Å²) in [6, 6.07) is 7.77. The summed E-state index contributed by atoms with van der Waals surface area (Å²) in [6.45, 7) is 5.48. The van der Waals surface area contributed by atoms with Crippen LogP contribution in [0.15, 0.2) is 36.9 Å². The van der Waals surface area contributed by atoms with E-state index in [0.29, 0.717) is 0 Å². The van der Waals surface area contributed by atoms with Gasteiger partial charge >= 0.3 is 0 Å². The Morgan fingerprint density at radius 1 is 1.48 bits per heavy atom. The maximum atomic E-state index is 12.5. The van der Waals surface area contributed by atoms with E-state index < -0.39 is 10.0 Å². The molecule has 0 fully saturated rings. The zero-order chi connectivity index (χ0) is 15.6. The van der Waals surface area contributed by atoms with E-state index in [2.05, 4.69) is 6.58 Å².